The van der Waals surface area contributed by atoms with E-state index in [4.69, 9.17) is 9.72 Å². The van der Waals surface area contributed by atoms with Crippen LogP contribution in [-0.4, -0.2) is 16.5 Å². The normalized spacial score (nSPS) is 11.4. The first-order valence-corrected chi connectivity index (χ1v) is 8.76. The Labute approximate surface area is 158 Å². The second kappa shape index (κ2) is 7.03. The topological polar surface area (TPSA) is 51.2 Å². The van der Waals surface area contributed by atoms with Gasteiger partial charge in [0.05, 0.1) is 12.8 Å². The van der Waals surface area contributed by atoms with Crippen LogP contribution >= 0.6 is 0 Å². The second-order valence-electron chi connectivity index (χ2n) is 6.44. The van der Waals surface area contributed by atoms with Crippen molar-refractivity contribution in [3.8, 4) is 17.0 Å². The molecule has 0 unspecified atom stereocenters. The molecule has 0 aliphatic carbocycles. The average molecular weight is 356 g/mol. The van der Waals surface area contributed by atoms with Crippen molar-refractivity contribution in [1.82, 2.24) is 9.38 Å². The lowest BCUT2D eigenvalue weighted by molar-refractivity contribution is 0.412. The molecule has 2 heterocycles. The highest BCUT2D eigenvalue weighted by Gasteiger charge is 2.15. The quantitative estimate of drug-likeness (QED) is 0.418. The minimum atomic E-state index is 0.705. The van der Waals surface area contributed by atoms with Crippen molar-refractivity contribution in [1.29, 1.82) is 0 Å². The SMILES string of the molecule is COc1ccc(-c2nc3ccccn3c2N=Nc2cccc(C)c2)cc1C. The van der Waals surface area contributed by atoms with Crippen molar-refractivity contribution in [2.24, 2.45) is 10.2 Å². The van der Waals surface area contributed by atoms with Crippen LogP contribution in [0.25, 0.3) is 16.9 Å². The number of benzene rings is 2. The van der Waals surface area contributed by atoms with Crippen molar-refractivity contribution in [3.63, 3.8) is 0 Å². The lowest BCUT2D eigenvalue weighted by atomic mass is 10.1. The summed E-state index contributed by atoms with van der Waals surface area (Å²) < 4.78 is 7.33. The summed E-state index contributed by atoms with van der Waals surface area (Å²) in [5, 5.41) is 8.99. The second-order valence-corrected chi connectivity index (χ2v) is 6.44. The number of hydrogen-bond acceptors (Lipinski definition) is 4. The zero-order chi connectivity index (χ0) is 18.8. The predicted molar refractivity (Wildman–Crippen MR) is 107 cm³/mol. The molecule has 2 aromatic carbocycles. The summed E-state index contributed by atoms with van der Waals surface area (Å²) in [6, 6.07) is 19.9. The van der Waals surface area contributed by atoms with E-state index in [1.807, 2.05) is 79.0 Å². The van der Waals surface area contributed by atoms with Gasteiger partial charge in [0.1, 0.15) is 17.1 Å². The number of imidazole rings is 1. The molecule has 2 aromatic heterocycles. The number of fused-ring (bicyclic) bond motifs is 1. The van der Waals surface area contributed by atoms with Gasteiger partial charge in [-0.25, -0.2) is 4.98 Å². The van der Waals surface area contributed by atoms with Crippen molar-refractivity contribution in [2.75, 3.05) is 7.11 Å². The molecule has 4 rings (SSSR count). The van der Waals surface area contributed by atoms with Gasteiger partial charge in [-0.15, -0.1) is 10.2 Å². The fraction of sp³-hybridized carbons (Fsp3) is 0.136. The molecule has 0 atom stereocenters. The minimum absolute atomic E-state index is 0.705. The number of azo groups is 1. The molecule has 0 aliphatic heterocycles. The van der Waals surface area contributed by atoms with Crippen LogP contribution in [0.1, 0.15) is 11.1 Å². The van der Waals surface area contributed by atoms with Gasteiger partial charge in [0.25, 0.3) is 0 Å². The van der Waals surface area contributed by atoms with Crippen molar-refractivity contribution in [3.05, 3.63) is 78.0 Å². The molecule has 5 nitrogen and oxygen atoms in total. The van der Waals surface area contributed by atoms with E-state index in [-0.39, 0.29) is 0 Å². The molecule has 4 aromatic rings. The Hall–Kier alpha value is -3.47. The monoisotopic (exact) mass is 356 g/mol. The number of hydrogen-bond donors (Lipinski definition) is 0. The number of aromatic nitrogens is 2. The molecule has 5 heteroatoms. The van der Waals surface area contributed by atoms with Gasteiger partial charge in [0.2, 0.25) is 0 Å². The van der Waals surface area contributed by atoms with Gasteiger partial charge >= 0.3 is 0 Å². The molecule has 134 valence electrons. The number of nitrogens with zero attached hydrogens (tertiary/aromatic N) is 4. The fourth-order valence-corrected chi connectivity index (χ4v) is 3.09. The van der Waals surface area contributed by atoms with Crippen molar-refractivity contribution in [2.45, 2.75) is 13.8 Å². The zero-order valence-electron chi connectivity index (χ0n) is 15.5. The number of rotatable bonds is 4. The molecule has 0 radical (unpaired) electrons. The van der Waals surface area contributed by atoms with Crippen molar-refractivity contribution < 1.29 is 4.74 Å². The van der Waals surface area contributed by atoms with Gasteiger partial charge < -0.3 is 4.74 Å². The lowest BCUT2D eigenvalue weighted by Crippen LogP contribution is -1.88. The first kappa shape index (κ1) is 17.0. The van der Waals surface area contributed by atoms with Gasteiger partial charge in [0.15, 0.2) is 5.82 Å². The Morgan fingerprint density at radius 1 is 0.926 bits per heavy atom. The van der Waals surface area contributed by atoms with E-state index in [0.717, 1.165) is 39.5 Å². The summed E-state index contributed by atoms with van der Waals surface area (Å²) in [5.74, 6) is 1.56. The summed E-state index contributed by atoms with van der Waals surface area (Å²) in [5.41, 5.74) is 5.62. The summed E-state index contributed by atoms with van der Waals surface area (Å²) >= 11 is 0. The maximum atomic E-state index is 5.37. The third-order valence-corrected chi connectivity index (χ3v) is 4.43. The Kier molecular flexibility index (Phi) is 4.42. The van der Waals surface area contributed by atoms with Gasteiger partial charge in [-0.2, -0.15) is 0 Å². The Morgan fingerprint density at radius 3 is 2.59 bits per heavy atom. The van der Waals surface area contributed by atoms with E-state index < -0.39 is 0 Å². The van der Waals surface area contributed by atoms with Gasteiger partial charge in [-0.05, 0) is 67.4 Å². The molecule has 27 heavy (non-hydrogen) atoms. The highest BCUT2D eigenvalue weighted by molar-refractivity contribution is 5.75. The van der Waals surface area contributed by atoms with E-state index in [2.05, 4.69) is 16.3 Å². The molecule has 0 N–H and O–H groups in total. The maximum absolute atomic E-state index is 5.37. The maximum Gasteiger partial charge on any atom is 0.187 e. The van der Waals surface area contributed by atoms with Crippen LogP contribution in [0.3, 0.4) is 0 Å². The van der Waals surface area contributed by atoms with E-state index in [1.165, 1.54) is 0 Å². The number of methoxy groups -OCH3 is 1. The number of ether oxygens (including phenoxy) is 1. The van der Waals surface area contributed by atoms with E-state index >= 15 is 0 Å². The Balaban J connectivity index is 1.86. The van der Waals surface area contributed by atoms with Crippen LogP contribution in [0.5, 0.6) is 5.75 Å². The first-order valence-electron chi connectivity index (χ1n) is 8.76. The van der Waals surface area contributed by atoms with Crippen LogP contribution in [0, 0.1) is 13.8 Å². The smallest absolute Gasteiger partial charge is 0.187 e. The predicted octanol–water partition coefficient (Wildman–Crippen LogP) is 6.04. The van der Waals surface area contributed by atoms with E-state index in [0.29, 0.717) is 5.82 Å². The summed E-state index contributed by atoms with van der Waals surface area (Å²) in [6.07, 6.45) is 1.95. The average Bonchev–Trinajstić information content (AvgIpc) is 3.05. The van der Waals surface area contributed by atoms with Gasteiger partial charge in [-0.3, -0.25) is 4.40 Å². The minimum Gasteiger partial charge on any atom is -0.496 e. The first-order chi connectivity index (χ1) is 13.2. The largest absolute Gasteiger partial charge is 0.496 e. The molecule has 0 spiro atoms. The van der Waals surface area contributed by atoms with Gasteiger partial charge in [-0.1, -0.05) is 18.2 Å². The molecule has 0 amide bonds. The molecule has 0 bridgehead atoms. The number of pyridine rings is 1. The van der Waals surface area contributed by atoms with Gasteiger partial charge in [0, 0.05) is 11.8 Å². The van der Waals surface area contributed by atoms with Crippen LogP contribution in [0.4, 0.5) is 11.5 Å². The summed E-state index contributed by atoms with van der Waals surface area (Å²) in [4.78, 5) is 4.78. The third kappa shape index (κ3) is 3.31. The molecule has 0 fully saturated rings. The molecule has 0 saturated heterocycles. The highest BCUT2D eigenvalue weighted by Crippen LogP contribution is 2.34. The third-order valence-electron chi connectivity index (χ3n) is 4.43. The standard InChI is InChI=1S/C22H20N4O/c1-15-7-6-8-18(13-15)24-25-22-21(23-20-9-4-5-12-26(20)22)17-10-11-19(27-3)16(2)14-17/h4-14H,1-3H3. The lowest BCUT2D eigenvalue weighted by Gasteiger charge is -2.06. The fourth-order valence-electron chi connectivity index (χ4n) is 3.09. The Bertz CT molecular complexity index is 1140. The number of aryl methyl sites for hydroxylation is 2. The summed E-state index contributed by atoms with van der Waals surface area (Å²) in [6.45, 7) is 4.06. The van der Waals surface area contributed by atoms with E-state index in [9.17, 15) is 0 Å². The van der Waals surface area contributed by atoms with Crippen molar-refractivity contribution >= 4 is 17.2 Å². The molecule has 0 saturated carbocycles. The zero-order valence-corrected chi connectivity index (χ0v) is 15.5. The summed E-state index contributed by atoms with van der Waals surface area (Å²) in [7, 11) is 1.68. The van der Waals surface area contributed by atoms with Crippen LogP contribution in [-0.2, 0) is 0 Å². The Morgan fingerprint density at radius 2 is 1.81 bits per heavy atom. The van der Waals surface area contributed by atoms with Crippen LogP contribution < -0.4 is 4.74 Å². The van der Waals surface area contributed by atoms with E-state index in [1.54, 1.807) is 7.11 Å². The van der Waals surface area contributed by atoms with Crippen LogP contribution in [0.2, 0.25) is 0 Å². The molecular formula is C22H20N4O. The van der Waals surface area contributed by atoms with Crippen LogP contribution in [0.15, 0.2) is 77.1 Å². The molecule has 0 aliphatic rings. The highest BCUT2D eigenvalue weighted by atomic mass is 16.5. The molecular weight excluding hydrogens is 336 g/mol.